The lowest BCUT2D eigenvalue weighted by atomic mass is 10.2. The number of anilines is 1. The summed E-state index contributed by atoms with van der Waals surface area (Å²) in [6, 6.07) is 9.58. The van der Waals surface area contributed by atoms with Gasteiger partial charge in [-0.3, -0.25) is 14.8 Å². The van der Waals surface area contributed by atoms with Crippen molar-refractivity contribution in [2.45, 2.75) is 20.4 Å². The molecule has 2 aromatic rings. The number of aromatic nitrogens is 2. The second-order valence-corrected chi connectivity index (χ2v) is 4.58. The monoisotopic (exact) mass is 272 g/mol. The van der Waals surface area contributed by atoms with Crippen LogP contribution in [0, 0.1) is 0 Å². The molecule has 106 valence electrons. The first-order chi connectivity index (χ1) is 9.72. The van der Waals surface area contributed by atoms with Crippen LogP contribution in [0.3, 0.4) is 0 Å². The number of benzene rings is 1. The molecular formula is C15H20N4O. The maximum atomic E-state index is 11.8. The van der Waals surface area contributed by atoms with Crippen LogP contribution in [0.2, 0.25) is 0 Å². The zero-order chi connectivity index (χ0) is 14.4. The van der Waals surface area contributed by atoms with E-state index in [9.17, 15) is 4.79 Å². The Balaban J connectivity index is 1.96. The van der Waals surface area contributed by atoms with Gasteiger partial charge in [-0.05, 0) is 36.9 Å². The number of aromatic amines is 1. The molecule has 0 spiro atoms. The van der Waals surface area contributed by atoms with Gasteiger partial charge in [0.15, 0.2) is 0 Å². The highest BCUT2D eigenvalue weighted by Crippen LogP contribution is 2.12. The third-order valence-electron chi connectivity index (χ3n) is 3.26. The van der Waals surface area contributed by atoms with Crippen molar-refractivity contribution in [2.75, 3.05) is 18.4 Å². The fraction of sp³-hybridized carbons (Fsp3) is 0.333. The highest BCUT2D eigenvalue weighted by Gasteiger charge is 2.07. The number of hydrogen-bond donors (Lipinski definition) is 2. The molecule has 0 radical (unpaired) electrons. The standard InChI is InChI=1S/C15H20N4O/c1-3-19(4-2)11-12-5-7-13(8-6-12)17-15(20)14-9-10-16-18-14/h5-10H,3-4,11H2,1-2H3,(H,16,18)(H,17,20). The molecule has 1 aromatic heterocycles. The van der Waals surface area contributed by atoms with E-state index in [1.807, 2.05) is 24.3 Å². The van der Waals surface area contributed by atoms with E-state index in [0.717, 1.165) is 25.3 Å². The van der Waals surface area contributed by atoms with Crippen LogP contribution >= 0.6 is 0 Å². The predicted molar refractivity (Wildman–Crippen MR) is 79.6 cm³/mol. The van der Waals surface area contributed by atoms with E-state index in [4.69, 9.17) is 0 Å². The Labute approximate surface area is 119 Å². The van der Waals surface area contributed by atoms with Gasteiger partial charge in [0, 0.05) is 18.4 Å². The number of amides is 1. The van der Waals surface area contributed by atoms with Crippen molar-refractivity contribution in [2.24, 2.45) is 0 Å². The van der Waals surface area contributed by atoms with Gasteiger partial charge in [0.05, 0.1) is 0 Å². The molecule has 0 aliphatic carbocycles. The molecule has 0 unspecified atom stereocenters. The quantitative estimate of drug-likeness (QED) is 0.849. The van der Waals surface area contributed by atoms with Crippen molar-refractivity contribution in [1.29, 1.82) is 0 Å². The van der Waals surface area contributed by atoms with Crippen LogP contribution in [-0.2, 0) is 6.54 Å². The Morgan fingerprint density at radius 3 is 2.45 bits per heavy atom. The van der Waals surface area contributed by atoms with E-state index in [0.29, 0.717) is 5.69 Å². The number of carbonyl (C=O) groups is 1. The van der Waals surface area contributed by atoms with Crippen LogP contribution in [-0.4, -0.2) is 34.1 Å². The zero-order valence-corrected chi connectivity index (χ0v) is 11.9. The second kappa shape index (κ2) is 6.86. The first-order valence-electron chi connectivity index (χ1n) is 6.85. The van der Waals surface area contributed by atoms with Crippen molar-refractivity contribution in [3.63, 3.8) is 0 Å². The Hall–Kier alpha value is -2.14. The largest absolute Gasteiger partial charge is 0.321 e. The average molecular weight is 272 g/mol. The summed E-state index contributed by atoms with van der Waals surface area (Å²) in [5, 5.41) is 9.23. The molecule has 2 rings (SSSR count). The predicted octanol–water partition coefficient (Wildman–Crippen LogP) is 2.50. The summed E-state index contributed by atoms with van der Waals surface area (Å²) in [7, 11) is 0. The molecule has 20 heavy (non-hydrogen) atoms. The number of nitrogens with one attached hydrogen (secondary N) is 2. The van der Waals surface area contributed by atoms with Gasteiger partial charge >= 0.3 is 0 Å². The molecule has 0 saturated heterocycles. The molecule has 0 aliphatic rings. The fourth-order valence-electron chi connectivity index (χ4n) is 1.98. The number of H-pyrrole nitrogens is 1. The van der Waals surface area contributed by atoms with Gasteiger partial charge in [-0.1, -0.05) is 26.0 Å². The van der Waals surface area contributed by atoms with E-state index in [1.165, 1.54) is 5.56 Å². The molecule has 5 heteroatoms. The van der Waals surface area contributed by atoms with Gasteiger partial charge < -0.3 is 5.32 Å². The Morgan fingerprint density at radius 1 is 1.20 bits per heavy atom. The van der Waals surface area contributed by atoms with Gasteiger partial charge in [-0.2, -0.15) is 5.10 Å². The van der Waals surface area contributed by atoms with E-state index in [-0.39, 0.29) is 5.91 Å². The summed E-state index contributed by atoms with van der Waals surface area (Å²) in [5.41, 5.74) is 2.48. The molecule has 5 nitrogen and oxygen atoms in total. The first kappa shape index (κ1) is 14.3. The summed E-state index contributed by atoms with van der Waals surface area (Å²) < 4.78 is 0. The number of rotatable bonds is 6. The van der Waals surface area contributed by atoms with Crippen molar-refractivity contribution in [3.8, 4) is 0 Å². The molecule has 0 bridgehead atoms. The molecule has 2 N–H and O–H groups in total. The molecule has 1 amide bonds. The Kier molecular flexibility index (Phi) is 4.90. The van der Waals surface area contributed by atoms with Crippen LogP contribution in [0.15, 0.2) is 36.5 Å². The molecule has 0 aliphatic heterocycles. The highest BCUT2D eigenvalue weighted by atomic mass is 16.1. The van der Waals surface area contributed by atoms with Crippen molar-refractivity contribution < 1.29 is 4.79 Å². The average Bonchev–Trinajstić information content (AvgIpc) is 3.01. The summed E-state index contributed by atoms with van der Waals surface area (Å²) in [6.07, 6.45) is 1.56. The van der Waals surface area contributed by atoms with E-state index < -0.39 is 0 Å². The minimum Gasteiger partial charge on any atom is -0.321 e. The summed E-state index contributed by atoms with van der Waals surface area (Å²) in [5.74, 6) is -0.181. The number of carbonyl (C=O) groups excluding carboxylic acids is 1. The maximum absolute atomic E-state index is 11.8. The van der Waals surface area contributed by atoms with Crippen molar-refractivity contribution >= 4 is 11.6 Å². The van der Waals surface area contributed by atoms with Crippen molar-refractivity contribution in [3.05, 3.63) is 47.8 Å². The lowest BCUT2D eigenvalue weighted by molar-refractivity contribution is 0.102. The molecule has 0 atom stereocenters. The Bertz CT molecular complexity index is 530. The van der Waals surface area contributed by atoms with E-state index >= 15 is 0 Å². The van der Waals surface area contributed by atoms with Gasteiger partial charge in [0.1, 0.15) is 5.69 Å². The third-order valence-corrected chi connectivity index (χ3v) is 3.26. The topological polar surface area (TPSA) is 61.0 Å². The van der Waals surface area contributed by atoms with Crippen LogP contribution in [0.5, 0.6) is 0 Å². The molecular weight excluding hydrogens is 252 g/mol. The fourth-order valence-corrected chi connectivity index (χ4v) is 1.98. The normalized spacial score (nSPS) is 10.8. The van der Waals surface area contributed by atoms with Crippen LogP contribution < -0.4 is 5.32 Å². The maximum Gasteiger partial charge on any atom is 0.273 e. The highest BCUT2D eigenvalue weighted by molar-refractivity contribution is 6.02. The molecule has 0 saturated carbocycles. The summed E-state index contributed by atoms with van der Waals surface area (Å²) >= 11 is 0. The van der Waals surface area contributed by atoms with E-state index in [1.54, 1.807) is 12.3 Å². The second-order valence-electron chi connectivity index (χ2n) is 4.58. The minimum atomic E-state index is -0.181. The van der Waals surface area contributed by atoms with E-state index in [2.05, 4.69) is 34.3 Å². The van der Waals surface area contributed by atoms with Gasteiger partial charge in [-0.25, -0.2) is 0 Å². The van der Waals surface area contributed by atoms with Crippen LogP contribution in [0.25, 0.3) is 0 Å². The van der Waals surface area contributed by atoms with Crippen LogP contribution in [0.1, 0.15) is 29.9 Å². The lowest BCUT2D eigenvalue weighted by Gasteiger charge is -2.18. The number of hydrogen-bond acceptors (Lipinski definition) is 3. The SMILES string of the molecule is CCN(CC)Cc1ccc(NC(=O)c2ccn[nH]2)cc1. The number of nitrogens with zero attached hydrogens (tertiary/aromatic N) is 2. The summed E-state index contributed by atoms with van der Waals surface area (Å²) in [4.78, 5) is 14.2. The molecule has 0 fully saturated rings. The van der Waals surface area contributed by atoms with Gasteiger partial charge in [0.2, 0.25) is 0 Å². The molecule has 1 heterocycles. The lowest BCUT2D eigenvalue weighted by Crippen LogP contribution is -2.22. The molecule has 1 aromatic carbocycles. The van der Waals surface area contributed by atoms with Gasteiger partial charge in [-0.15, -0.1) is 0 Å². The Morgan fingerprint density at radius 2 is 1.90 bits per heavy atom. The van der Waals surface area contributed by atoms with Crippen LogP contribution in [0.4, 0.5) is 5.69 Å². The zero-order valence-electron chi connectivity index (χ0n) is 11.9. The third kappa shape index (κ3) is 3.68. The smallest absolute Gasteiger partial charge is 0.273 e. The van der Waals surface area contributed by atoms with Gasteiger partial charge in [0.25, 0.3) is 5.91 Å². The van der Waals surface area contributed by atoms with Crippen molar-refractivity contribution in [1.82, 2.24) is 15.1 Å². The first-order valence-corrected chi connectivity index (χ1v) is 6.85. The summed E-state index contributed by atoms with van der Waals surface area (Å²) in [6.45, 7) is 7.32. The minimum absolute atomic E-state index is 0.181.